The van der Waals surface area contributed by atoms with E-state index in [4.69, 9.17) is 5.26 Å². The zero-order chi connectivity index (χ0) is 14.7. The summed E-state index contributed by atoms with van der Waals surface area (Å²) in [4.78, 5) is 1.70. The van der Waals surface area contributed by atoms with Crippen molar-refractivity contribution in [2.45, 2.75) is 6.54 Å². The fourth-order valence-electron chi connectivity index (χ4n) is 1.87. The molecule has 2 nitrogen and oxygen atoms in total. The van der Waals surface area contributed by atoms with Gasteiger partial charge in [0.15, 0.2) is 5.82 Å². The highest BCUT2D eigenvalue weighted by Gasteiger charge is 2.14. The topological polar surface area (TPSA) is 27.0 Å². The molecule has 0 saturated carbocycles. The van der Waals surface area contributed by atoms with E-state index >= 15 is 0 Å². The van der Waals surface area contributed by atoms with Gasteiger partial charge in [-0.15, -0.1) is 0 Å². The van der Waals surface area contributed by atoms with Crippen molar-refractivity contribution < 1.29 is 8.78 Å². The quantitative estimate of drug-likeness (QED) is 0.838. The number of nitriles is 1. The Balaban J connectivity index is 2.26. The van der Waals surface area contributed by atoms with Gasteiger partial charge in [-0.05, 0) is 45.8 Å². The Hall–Kier alpha value is -1.93. The summed E-state index contributed by atoms with van der Waals surface area (Å²) >= 11 is 3.08. The van der Waals surface area contributed by atoms with Gasteiger partial charge in [-0.3, -0.25) is 0 Å². The van der Waals surface area contributed by atoms with E-state index in [1.54, 1.807) is 36.2 Å². The van der Waals surface area contributed by atoms with E-state index in [0.717, 1.165) is 5.56 Å². The summed E-state index contributed by atoms with van der Waals surface area (Å²) in [6.45, 7) is 0.440. The first-order valence-electron chi connectivity index (χ1n) is 5.86. The number of anilines is 1. The molecule has 0 spiro atoms. The summed E-state index contributed by atoms with van der Waals surface area (Å²) in [6.07, 6.45) is 0. The molecule has 0 fully saturated rings. The molecule has 20 heavy (non-hydrogen) atoms. The molecular formula is C15H11BrF2N2. The number of hydrogen-bond donors (Lipinski definition) is 0. The fraction of sp³-hybridized carbons (Fsp3) is 0.133. The highest BCUT2D eigenvalue weighted by Crippen LogP contribution is 2.29. The van der Waals surface area contributed by atoms with E-state index in [0.29, 0.717) is 12.2 Å². The smallest absolute Gasteiger partial charge is 0.161 e. The Morgan fingerprint density at radius 2 is 1.80 bits per heavy atom. The lowest BCUT2D eigenvalue weighted by atomic mass is 10.1. The monoisotopic (exact) mass is 336 g/mol. The van der Waals surface area contributed by atoms with Crippen LogP contribution in [0.2, 0.25) is 0 Å². The molecule has 0 aliphatic rings. The second-order valence-electron chi connectivity index (χ2n) is 4.35. The van der Waals surface area contributed by atoms with Crippen molar-refractivity contribution in [2.24, 2.45) is 0 Å². The van der Waals surface area contributed by atoms with Gasteiger partial charge >= 0.3 is 0 Å². The molecular weight excluding hydrogens is 326 g/mol. The zero-order valence-corrected chi connectivity index (χ0v) is 12.3. The van der Waals surface area contributed by atoms with Crippen LogP contribution in [0.3, 0.4) is 0 Å². The third-order valence-corrected chi connectivity index (χ3v) is 3.70. The van der Waals surface area contributed by atoms with Crippen LogP contribution >= 0.6 is 15.9 Å². The van der Waals surface area contributed by atoms with Crippen molar-refractivity contribution in [1.29, 1.82) is 5.26 Å². The molecule has 0 aliphatic heterocycles. The minimum atomic E-state index is -0.478. The van der Waals surface area contributed by atoms with Gasteiger partial charge in [0.1, 0.15) is 11.9 Å². The summed E-state index contributed by atoms with van der Waals surface area (Å²) in [5.41, 5.74) is 1.50. The van der Waals surface area contributed by atoms with Gasteiger partial charge in [0, 0.05) is 13.6 Å². The molecule has 0 atom stereocenters. The molecule has 0 unspecified atom stereocenters. The van der Waals surface area contributed by atoms with Crippen molar-refractivity contribution in [3.8, 4) is 6.07 Å². The third-order valence-electron chi connectivity index (χ3n) is 2.93. The van der Waals surface area contributed by atoms with E-state index in [9.17, 15) is 8.78 Å². The van der Waals surface area contributed by atoms with Crippen LogP contribution in [0, 0.1) is 23.0 Å². The first-order chi connectivity index (χ1) is 9.52. The van der Waals surface area contributed by atoms with E-state index < -0.39 is 5.82 Å². The second kappa shape index (κ2) is 6.02. The van der Waals surface area contributed by atoms with Gasteiger partial charge < -0.3 is 4.90 Å². The minimum Gasteiger partial charge on any atom is -0.368 e. The van der Waals surface area contributed by atoms with Gasteiger partial charge in [-0.2, -0.15) is 5.26 Å². The van der Waals surface area contributed by atoms with Crippen LogP contribution in [0.15, 0.2) is 40.9 Å². The molecule has 102 valence electrons. The molecule has 0 heterocycles. The molecule has 0 saturated heterocycles. The Morgan fingerprint density at radius 1 is 1.15 bits per heavy atom. The average Bonchev–Trinajstić information content (AvgIpc) is 2.44. The molecule has 2 aromatic rings. The maximum atomic E-state index is 14.2. The predicted molar refractivity (Wildman–Crippen MR) is 77.3 cm³/mol. The van der Waals surface area contributed by atoms with Crippen LogP contribution in [0.25, 0.3) is 0 Å². The number of benzene rings is 2. The molecule has 2 aromatic carbocycles. The molecule has 0 aromatic heterocycles. The predicted octanol–water partition coefficient (Wildman–Crippen LogP) is 4.24. The molecule has 2 rings (SSSR count). The molecule has 0 radical (unpaired) electrons. The van der Waals surface area contributed by atoms with Crippen LogP contribution in [0.4, 0.5) is 14.5 Å². The molecule has 0 bridgehead atoms. The second-order valence-corrected chi connectivity index (χ2v) is 5.15. The van der Waals surface area contributed by atoms with Crippen LogP contribution in [-0.2, 0) is 6.54 Å². The van der Waals surface area contributed by atoms with Gasteiger partial charge in [0.2, 0.25) is 0 Å². The number of rotatable bonds is 3. The van der Waals surface area contributed by atoms with Crippen LogP contribution < -0.4 is 4.90 Å². The summed E-state index contributed by atoms with van der Waals surface area (Å²) < 4.78 is 27.2. The number of halogens is 3. The lowest BCUT2D eigenvalue weighted by molar-refractivity contribution is 0.614. The average molecular weight is 337 g/mol. The summed E-state index contributed by atoms with van der Waals surface area (Å²) in [7, 11) is 1.74. The molecule has 0 N–H and O–H groups in total. The van der Waals surface area contributed by atoms with E-state index in [2.05, 4.69) is 15.9 Å². The summed E-state index contributed by atoms with van der Waals surface area (Å²) in [5, 5.41) is 8.84. The van der Waals surface area contributed by atoms with Crippen molar-refractivity contribution in [3.63, 3.8) is 0 Å². The first kappa shape index (κ1) is 14.5. The number of hydrogen-bond acceptors (Lipinski definition) is 2. The SMILES string of the molecule is CN(Cc1ccc(F)cc1)c1ccc(C#N)c(Br)c1F. The first-order valence-corrected chi connectivity index (χ1v) is 6.66. The van der Waals surface area contributed by atoms with Crippen molar-refractivity contribution in [3.05, 3.63) is 63.6 Å². The van der Waals surface area contributed by atoms with Gasteiger partial charge in [0.25, 0.3) is 0 Å². The van der Waals surface area contributed by atoms with E-state index in [1.807, 2.05) is 6.07 Å². The largest absolute Gasteiger partial charge is 0.368 e. The molecule has 0 amide bonds. The molecule has 0 aliphatic carbocycles. The van der Waals surface area contributed by atoms with Crippen LogP contribution in [-0.4, -0.2) is 7.05 Å². The Labute approximate surface area is 124 Å². The summed E-state index contributed by atoms with van der Waals surface area (Å²) in [6, 6.07) is 11.1. The van der Waals surface area contributed by atoms with Crippen molar-refractivity contribution >= 4 is 21.6 Å². The maximum absolute atomic E-state index is 14.2. The highest BCUT2D eigenvalue weighted by atomic mass is 79.9. The lowest BCUT2D eigenvalue weighted by Crippen LogP contribution is -2.18. The molecule has 5 heteroatoms. The van der Waals surface area contributed by atoms with Gasteiger partial charge in [0.05, 0.1) is 15.7 Å². The third kappa shape index (κ3) is 2.97. The van der Waals surface area contributed by atoms with Crippen LogP contribution in [0.1, 0.15) is 11.1 Å². The Morgan fingerprint density at radius 3 is 2.40 bits per heavy atom. The minimum absolute atomic E-state index is 0.156. The van der Waals surface area contributed by atoms with E-state index in [1.165, 1.54) is 12.1 Å². The maximum Gasteiger partial charge on any atom is 0.161 e. The fourth-order valence-corrected chi connectivity index (χ4v) is 2.29. The van der Waals surface area contributed by atoms with Crippen LogP contribution in [0.5, 0.6) is 0 Å². The standard InChI is InChI=1S/C15H11BrF2N2/c1-20(9-10-2-5-12(17)6-3-10)13-7-4-11(8-19)14(16)15(13)18/h2-7H,9H2,1H3. The normalized spacial score (nSPS) is 10.2. The Kier molecular flexibility index (Phi) is 4.35. The summed E-state index contributed by atoms with van der Waals surface area (Å²) in [5.74, 6) is -0.780. The van der Waals surface area contributed by atoms with Crippen molar-refractivity contribution in [2.75, 3.05) is 11.9 Å². The van der Waals surface area contributed by atoms with Gasteiger partial charge in [-0.25, -0.2) is 8.78 Å². The Bertz CT molecular complexity index is 663. The van der Waals surface area contributed by atoms with Crippen molar-refractivity contribution in [1.82, 2.24) is 0 Å². The highest BCUT2D eigenvalue weighted by molar-refractivity contribution is 9.10. The van der Waals surface area contributed by atoms with E-state index in [-0.39, 0.29) is 15.9 Å². The lowest BCUT2D eigenvalue weighted by Gasteiger charge is -2.20. The number of nitrogens with zero attached hydrogens (tertiary/aromatic N) is 2. The van der Waals surface area contributed by atoms with Gasteiger partial charge in [-0.1, -0.05) is 12.1 Å². The zero-order valence-electron chi connectivity index (χ0n) is 10.7.